The average Bonchev–Trinajstić information content (AvgIpc) is 3.35. The first-order chi connectivity index (χ1) is 13.8. The van der Waals surface area contributed by atoms with Gasteiger partial charge < -0.3 is 9.84 Å². The Morgan fingerprint density at radius 1 is 0.893 bits per heavy atom. The molecule has 0 bridgehead atoms. The molecule has 5 aromatic rings. The number of benzene rings is 2. The third-order valence-electron chi connectivity index (χ3n) is 4.55. The number of rotatable bonds is 4. The molecule has 0 saturated heterocycles. The lowest BCUT2D eigenvalue weighted by Crippen LogP contribution is -1.95. The van der Waals surface area contributed by atoms with E-state index in [4.69, 9.17) is 4.52 Å². The second kappa shape index (κ2) is 6.90. The van der Waals surface area contributed by atoms with Crippen LogP contribution in [0.1, 0.15) is 5.76 Å². The molecule has 0 aliphatic heterocycles. The Morgan fingerprint density at radius 2 is 1.64 bits per heavy atom. The van der Waals surface area contributed by atoms with Crippen molar-refractivity contribution >= 4 is 33.2 Å². The van der Waals surface area contributed by atoms with E-state index in [0.717, 1.165) is 32.9 Å². The van der Waals surface area contributed by atoms with Crippen molar-refractivity contribution in [1.82, 2.24) is 15.1 Å². The fourth-order valence-corrected chi connectivity index (χ4v) is 4.12. The maximum atomic E-state index is 5.15. The molecule has 0 atom stereocenters. The summed E-state index contributed by atoms with van der Waals surface area (Å²) in [6.07, 6.45) is 1.57. The molecule has 3 aromatic heterocycles. The molecule has 0 aliphatic carbocycles. The monoisotopic (exact) mass is 384 g/mol. The summed E-state index contributed by atoms with van der Waals surface area (Å²) < 4.78 is 5.15. The van der Waals surface area contributed by atoms with Gasteiger partial charge >= 0.3 is 0 Å². The summed E-state index contributed by atoms with van der Waals surface area (Å²) in [4.78, 5) is 9.79. The third kappa shape index (κ3) is 3.04. The third-order valence-corrected chi connectivity index (χ3v) is 5.43. The minimum atomic E-state index is 0.633. The van der Waals surface area contributed by atoms with Crippen molar-refractivity contribution in [3.05, 3.63) is 78.1 Å². The van der Waals surface area contributed by atoms with E-state index in [2.05, 4.69) is 74.4 Å². The molecule has 5 nitrogen and oxygen atoms in total. The van der Waals surface area contributed by atoms with Crippen LogP contribution >= 0.6 is 11.3 Å². The Hall–Kier alpha value is -3.51. The fraction of sp³-hybridized carbons (Fsp3) is 0.0455. The predicted octanol–water partition coefficient (Wildman–Crippen LogP) is 6.07. The van der Waals surface area contributed by atoms with Gasteiger partial charge in [0.25, 0.3) is 0 Å². The molecule has 0 unspecified atom stereocenters. The van der Waals surface area contributed by atoms with E-state index in [1.54, 1.807) is 17.7 Å². The molecule has 1 N–H and O–H groups in total. The van der Waals surface area contributed by atoms with E-state index in [1.807, 2.05) is 19.1 Å². The zero-order valence-corrected chi connectivity index (χ0v) is 15.9. The largest absolute Gasteiger partial charge is 0.360 e. The molecule has 0 fully saturated rings. The highest BCUT2D eigenvalue weighted by Gasteiger charge is 2.14. The van der Waals surface area contributed by atoms with Gasteiger partial charge in [0.15, 0.2) is 5.82 Å². The Bertz CT molecular complexity index is 1240. The maximum Gasteiger partial charge on any atom is 0.175 e. The molecular weight excluding hydrogens is 368 g/mol. The molecular formula is C22H16N4OS. The Kier molecular flexibility index (Phi) is 4.10. The first kappa shape index (κ1) is 16.6. The topological polar surface area (TPSA) is 63.8 Å². The van der Waals surface area contributed by atoms with Crippen LogP contribution in [0.2, 0.25) is 0 Å². The normalized spacial score (nSPS) is 11.0. The number of aromatic nitrogens is 3. The van der Waals surface area contributed by atoms with Crippen molar-refractivity contribution in [1.29, 1.82) is 0 Å². The number of hydrogen-bond donors (Lipinski definition) is 1. The van der Waals surface area contributed by atoms with Crippen molar-refractivity contribution in [2.24, 2.45) is 0 Å². The van der Waals surface area contributed by atoms with E-state index < -0.39 is 0 Å². The molecule has 0 amide bonds. The van der Waals surface area contributed by atoms with E-state index in [9.17, 15) is 0 Å². The van der Waals surface area contributed by atoms with Crippen molar-refractivity contribution in [2.45, 2.75) is 6.92 Å². The lowest BCUT2D eigenvalue weighted by atomic mass is 10.0. The van der Waals surface area contributed by atoms with Crippen LogP contribution in [0, 0.1) is 6.92 Å². The summed E-state index contributed by atoms with van der Waals surface area (Å²) >= 11 is 1.60. The van der Waals surface area contributed by atoms with Gasteiger partial charge in [-0.1, -0.05) is 59.8 Å². The zero-order chi connectivity index (χ0) is 18.9. The second-order valence-corrected chi connectivity index (χ2v) is 7.30. The molecule has 0 saturated carbocycles. The van der Waals surface area contributed by atoms with Gasteiger partial charge in [0.05, 0.1) is 5.39 Å². The predicted molar refractivity (Wildman–Crippen MR) is 113 cm³/mol. The highest BCUT2D eigenvalue weighted by Crippen LogP contribution is 2.38. The van der Waals surface area contributed by atoms with Gasteiger partial charge in [-0.05, 0) is 23.6 Å². The van der Waals surface area contributed by atoms with Crippen LogP contribution in [0.5, 0.6) is 0 Å². The molecule has 0 spiro atoms. The smallest absolute Gasteiger partial charge is 0.175 e. The number of fused-ring (bicyclic) bond motifs is 1. The van der Waals surface area contributed by atoms with Crippen LogP contribution in [0.3, 0.4) is 0 Å². The molecule has 0 aliphatic rings. The number of thiophene rings is 1. The van der Waals surface area contributed by atoms with Crippen LogP contribution in [-0.4, -0.2) is 15.1 Å². The summed E-state index contributed by atoms with van der Waals surface area (Å²) in [5.74, 6) is 2.10. The molecule has 136 valence electrons. The average molecular weight is 384 g/mol. The van der Waals surface area contributed by atoms with Gasteiger partial charge in [-0.15, -0.1) is 11.3 Å². The first-order valence-corrected chi connectivity index (χ1v) is 9.74. The minimum absolute atomic E-state index is 0.633. The molecule has 2 aromatic carbocycles. The molecule has 0 radical (unpaired) electrons. The number of hydrogen-bond acceptors (Lipinski definition) is 6. The number of aryl methyl sites for hydroxylation is 1. The van der Waals surface area contributed by atoms with Gasteiger partial charge in [-0.3, -0.25) is 0 Å². The highest BCUT2D eigenvalue weighted by atomic mass is 32.1. The summed E-state index contributed by atoms with van der Waals surface area (Å²) in [6, 6.07) is 20.8. The van der Waals surface area contributed by atoms with Crippen LogP contribution < -0.4 is 5.32 Å². The number of nitrogens with one attached hydrogen (secondary N) is 1. The summed E-state index contributed by atoms with van der Waals surface area (Å²) in [5.41, 5.74) is 4.62. The quantitative estimate of drug-likeness (QED) is 0.408. The van der Waals surface area contributed by atoms with Crippen LogP contribution in [0.15, 0.2) is 76.9 Å². The second-order valence-electron chi connectivity index (χ2n) is 6.44. The maximum absolute atomic E-state index is 5.15. The Morgan fingerprint density at radius 3 is 2.39 bits per heavy atom. The first-order valence-electron chi connectivity index (χ1n) is 8.86. The minimum Gasteiger partial charge on any atom is -0.360 e. The van der Waals surface area contributed by atoms with Gasteiger partial charge in [0.2, 0.25) is 0 Å². The molecule has 5 rings (SSSR count). The van der Waals surface area contributed by atoms with Crippen LogP contribution in [-0.2, 0) is 0 Å². The summed E-state index contributed by atoms with van der Waals surface area (Å²) in [5, 5.41) is 10.4. The Labute approximate surface area is 165 Å². The van der Waals surface area contributed by atoms with E-state index in [1.165, 1.54) is 11.1 Å². The lowest BCUT2D eigenvalue weighted by Gasteiger charge is -2.07. The van der Waals surface area contributed by atoms with Crippen LogP contribution in [0.25, 0.3) is 32.5 Å². The van der Waals surface area contributed by atoms with Crippen molar-refractivity contribution in [3.63, 3.8) is 0 Å². The number of anilines is 2. The number of nitrogens with zero attached hydrogens (tertiary/aromatic N) is 3. The SMILES string of the molecule is Cc1cc(Nc2ncnc3scc(-c4ccc(-c5ccccc5)cc4)c23)no1. The van der Waals surface area contributed by atoms with Crippen molar-refractivity contribution < 1.29 is 4.52 Å². The summed E-state index contributed by atoms with van der Waals surface area (Å²) in [6.45, 7) is 1.86. The zero-order valence-electron chi connectivity index (χ0n) is 15.1. The summed E-state index contributed by atoms with van der Waals surface area (Å²) in [7, 11) is 0. The van der Waals surface area contributed by atoms with Gasteiger partial charge in [0, 0.05) is 17.0 Å². The molecule has 28 heavy (non-hydrogen) atoms. The Balaban J connectivity index is 1.56. The van der Waals surface area contributed by atoms with Crippen molar-refractivity contribution in [3.8, 4) is 22.3 Å². The standard InChI is InChI=1S/C22H16N4OS/c1-14-11-19(26-27-14)25-21-20-18(12-28-22(20)24-13-23-21)17-9-7-16(8-10-17)15-5-3-2-4-6-15/h2-13H,1H3,(H,23,24,25,26). The van der Waals surface area contributed by atoms with E-state index in [-0.39, 0.29) is 0 Å². The van der Waals surface area contributed by atoms with E-state index in [0.29, 0.717) is 5.82 Å². The fourth-order valence-electron chi connectivity index (χ4n) is 3.20. The lowest BCUT2D eigenvalue weighted by molar-refractivity contribution is 0.400. The van der Waals surface area contributed by atoms with Gasteiger partial charge in [-0.2, -0.15) is 0 Å². The van der Waals surface area contributed by atoms with Gasteiger partial charge in [-0.25, -0.2) is 9.97 Å². The molecule has 6 heteroatoms. The molecule has 3 heterocycles. The van der Waals surface area contributed by atoms with Gasteiger partial charge in [0.1, 0.15) is 22.7 Å². The highest BCUT2D eigenvalue weighted by molar-refractivity contribution is 7.17. The van der Waals surface area contributed by atoms with E-state index >= 15 is 0 Å². The van der Waals surface area contributed by atoms with Crippen molar-refractivity contribution in [2.75, 3.05) is 5.32 Å². The van der Waals surface area contributed by atoms with Crippen LogP contribution in [0.4, 0.5) is 11.6 Å².